The van der Waals surface area contributed by atoms with Crippen LogP contribution in [0.25, 0.3) is 0 Å². The Labute approximate surface area is 118 Å². The van der Waals surface area contributed by atoms with Gasteiger partial charge < -0.3 is 9.64 Å². The first-order valence-electron chi connectivity index (χ1n) is 7.15. The molecule has 0 aromatic heterocycles. The fourth-order valence-corrected chi connectivity index (χ4v) is 3.14. The number of nitrogens with zero attached hydrogens (tertiary/aromatic N) is 2. The molecule has 1 aliphatic carbocycles. The van der Waals surface area contributed by atoms with Gasteiger partial charge in [-0.25, -0.2) is 4.79 Å². The van der Waals surface area contributed by atoms with E-state index >= 15 is 0 Å². The van der Waals surface area contributed by atoms with Crippen molar-refractivity contribution in [3.63, 3.8) is 0 Å². The van der Waals surface area contributed by atoms with Crippen LogP contribution in [0.15, 0.2) is 30.3 Å². The number of hydrogen-bond acceptors (Lipinski definition) is 3. The van der Waals surface area contributed by atoms with Gasteiger partial charge in [-0.1, -0.05) is 30.3 Å². The molecular formula is C16H18N2O2. The minimum absolute atomic E-state index is 0.233. The first kappa shape index (κ1) is 13.0. The molecule has 20 heavy (non-hydrogen) atoms. The van der Waals surface area contributed by atoms with Gasteiger partial charge in [0.05, 0.1) is 12.0 Å². The van der Waals surface area contributed by atoms with Crippen molar-refractivity contribution in [2.75, 3.05) is 13.1 Å². The van der Waals surface area contributed by atoms with Crippen LogP contribution in [0.3, 0.4) is 0 Å². The van der Waals surface area contributed by atoms with E-state index in [9.17, 15) is 4.79 Å². The number of carbonyl (C=O) groups is 1. The molecule has 3 atom stereocenters. The molecule has 2 aliphatic rings. The Morgan fingerprint density at radius 3 is 2.50 bits per heavy atom. The summed E-state index contributed by atoms with van der Waals surface area (Å²) in [6.45, 7) is 1.75. The lowest BCUT2D eigenvalue weighted by Gasteiger charge is -2.20. The van der Waals surface area contributed by atoms with Crippen molar-refractivity contribution >= 4 is 6.09 Å². The molecule has 1 heterocycles. The number of likely N-dealkylation sites (tertiary alicyclic amines) is 1. The lowest BCUT2D eigenvalue weighted by Crippen LogP contribution is -2.33. The maximum absolute atomic E-state index is 12.0. The molecule has 0 N–H and O–H groups in total. The number of hydrogen-bond donors (Lipinski definition) is 0. The SMILES string of the molecule is N#CC1[C@H]2CCN(C(=O)OCc3ccccc3)CC[C@@H]12. The third-order valence-corrected chi connectivity index (χ3v) is 4.41. The van der Waals surface area contributed by atoms with Crippen LogP contribution in [0, 0.1) is 29.1 Å². The minimum Gasteiger partial charge on any atom is -0.445 e. The lowest BCUT2D eigenvalue weighted by atomic mass is 10.2. The largest absolute Gasteiger partial charge is 0.445 e. The highest BCUT2D eigenvalue weighted by molar-refractivity contribution is 5.67. The highest BCUT2D eigenvalue weighted by Gasteiger charge is 2.51. The van der Waals surface area contributed by atoms with E-state index in [1.807, 2.05) is 30.3 Å². The molecule has 0 radical (unpaired) electrons. The van der Waals surface area contributed by atoms with Gasteiger partial charge >= 0.3 is 6.09 Å². The third-order valence-electron chi connectivity index (χ3n) is 4.41. The molecular weight excluding hydrogens is 252 g/mol. The molecule has 3 rings (SSSR count). The molecule has 104 valence electrons. The first-order chi connectivity index (χ1) is 9.79. The second kappa shape index (κ2) is 5.54. The fourth-order valence-electron chi connectivity index (χ4n) is 3.14. The molecule has 4 nitrogen and oxygen atoms in total. The average molecular weight is 270 g/mol. The normalized spacial score (nSPS) is 27.9. The summed E-state index contributed by atoms with van der Waals surface area (Å²) in [5.74, 6) is 1.25. The number of benzene rings is 1. The second-order valence-electron chi connectivity index (χ2n) is 5.59. The minimum atomic E-state index is -0.233. The molecule has 4 heteroatoms. The van der Waals surface area contributed by atoms with E-state index in [1.54, 1.807) is 4.90 Å². The Kier molecular flexibility index (Phi) is 3.60. The van der Waals surface area contributed by atoms with Gasteiger partial charge in [-0.3, -0.25) is 0 Å². The van der Waals surface area contributed by atoms with E-state index in [1.165, 1.54) is 0 Å². The van der Waals surface area contributed by atoms with Crippen molar-refractivity contribution in [2.24, 2.45) is 17.8 Å². The number of amides is 1. The van der Waals surface area contributed by atoms with Gasteiger partial charge in [0.2, 0.25) is 0 Å². The molecule has 1 aliphatic heterocycles. The molecule has 1 saturated carbocycles. The molecule has 0 bridgehead atoms. The summed E-state index contributed by atoms with van der Waals surface area (Å²) < 4.78 is 5.35. The van der Waals surface area contributed by atoms with Gasteiger partial charge in [-0.05, 0) is 30.2 Å². The zero-order valence-corrected chi connectivity index (χ0v) is 11.4. The summed E-state index contributed by atoms with van der Waals surface area (Å²) in [5, 5.41) is 8.96. The lowest BCUT2D eigenvalue weighted by molar-refractivity contribution is 0.0961. The van der Waals surface area contributed by atoms with Crippen LogP contribution in [0.1, 0.15) is 18.4 Å². The quantitative estimate of drug-likeness (QED) is 0.830. The van der Waals surface area contributed by atoms with Crippen LogP contribution in [0.4, 0.5) is 4.79 Å². The monoisotopic (exact) mass is 270 g/mol. The van der Waals surface area contributed by atoms with E-state index in [4.69, 9.17) is 10.00 Å². The van der Waals surface area contributed by atoms with E-state index in [0.29, 0.717) is 31.5 Å². The van der Waals surface area contributed by atoms with Gasteiger partial charge in [0, 0.05) is 13.1 Å². The van der Waals surface area contributed by atoms with Crippen LogP contribution in [0.2, 0.25) is 0 Å². The molecule has 2 fully saturated rings. The van der Waals surface area contributed by atoms with Gasteiger partial charge in [-0.15, -0.1) is 0 Å². The molecule has 1 aromatic carbocycles. The molecule has 1 saturated heterocycles. The van der Waals surface area contributed by atoms with Gasteiger partial charge in [-0.2, -0.15) is 5.26 Å². The van der Waals surface area contributed by atoms with Crippen LogP contribution in [-0.2, 0) is 11.3 Å². The zero-order valence-electron chi connectivity index (χ0n) is 11.4. The molecule has 0 spiro atoms. The molecule has 1 unspecified atom stereocenters. The van der Waals surface area contributed by atoms with Gasteiger partial charge in [0.1, 0.15) is 6.61 Å². The summed E-state index contributed by atoms with van der Waals surface area (Å²) in [6, 6.07) is 12.1. The van der Waals surface area contributed by atoms with E-state index in [0.717, 1.165) is 18.4 Å². The Hall–Kier alpha value is -2.02. The van der Waals surface area contributed by atoms with E-state index in [-0.39, 0.29) is 12.0 Å². The zero-order chi connectivity index (χ0) is 13.9. The van der Waals surface area contributed by atoms with Crippen molar-refractivity contribution < 1.29 is 9.53 Å². The standard InChI is InChI=1S/C16H18N2O2/c17-10-15-13-6-8-18(9-7-14(13)15)16(19)20-11-12-4-2-1-3-5-12/h1-5,13-15H,6-9,11H2/t13-,14+,15?. The molecule has 1 amide bonds. The summed E-state index contributed by atoms with van der Waals surface area (Å²) in [4.78, 5) is 13.8. The van der Waals surface area contributed by atoms with E-state index < -0.39 is 0 Å². The Morgan fingerprint density at radius 2 is 1.90 bits per heavy atom. The van der Waals surface area contributed by atoms with Crippen molar-refractivity contribution in [1.82, 2.24) is 4.90 Å². The summed E-state index contributed by atoms with van der Waals surface area (Å²) in [6.07, 6.45) is 1.63. The number of nitriles is 1. The number of fused-ring (bicyclic) bond motifs is 1. The highest BCUT2D eigenvalue weighted by Crippen LogP contribution is 2.51. The summed E-state index contributed by atoms with van der Waals surface area (Å²) in [7, 11) is 0. The van der Waals surface area contributed by atoms with Crippen LogP contribution >= 0.6 is 0 Å². The summed E-state index contributed by atoms with van der Waals surface area (Å²) in [5.41, 5.74) is 1.00. The van der Waals surface area contributed by atoms with Crippen LogP contribution < -0.4 is 0 Å². The predicted molar refractivity (Wildman–Crippen MR) is 73.5 cm³/mol. The first-order valence-corrected chi connectivity index (χ1v) is 7.15. The smallest absolute Gasteiger partial charge is 0.410 e. The number of rotatable bonds is 2. The van der Waals surface area contributed by atoms with Gasteiger partial charge in [0.25, 0.3) is 0 Å². The Bertz CT molecular complexity index is 509. The predicted octanol–water partition coefficient (Wildman–Crippen LogP) is 2.80. The number of ether oxygens (including phenoxy) is 1. The van der Waals surface area contributed by atoms with Crippen molar-refractivity contribution in [2.45, 2.75) is 19.4 Å². The summed E-state index contributed by atoms with van der Waals surface area (Å²) >= 11 is 0. The Morgan fingerprint density at radius 1 is 1.25 bits per heavy atom. The molecule has 1 aromatic rings. The van der Waals surface area contributed by atoms with Crippen LogP contribution in [-0.4, -0.2) is 24.1 Å². The topological polar surface area (TPSA) is 53.3 Å². The number of carbonyl (C=O) groups excluding carboxylic acids is 1. The fraction of sp³-hybridized carbons (Fsp3) is 0.500. The third kappa shape index (κ3) is 2.62. The Balaban J connectivity index is 1.48. The van der Waals surface area contributed by atoms with Gasteiger partial charge in [0.15, 0.2) is 0 Å². The maximum Gasteiger partial charge on any atom is 0.410 e. The van der Waals surface area contributed by atoms with E-state index in [2.05, 4.69) is 6.07 Å². The maximum atomic E-state index is 12.0. The second-order valence-corrected chi connectivity index (χ2v) is 5.59. The van der Waals surface area contributed by atoms with Crippen molar-refractivity contribution in [3.05, 3.63) is 35.9 Å². The van der Waals surface area contributed by atoms with Crippen molar-refractivity contribution in [3.8, 4) is 6.07 Å². The average Bonchev–Trinajstić information content (AvgIpc) is 3.20. The van der Waals surface area contributed by atoms with Crippen LogP contribution in [0.5, 0.6) is 0 Å². The highest BCUT2D eigenvalue weighted by atomic mass is 16.6. The van der Waals surface area contributed by atoms with Crippen molar-refractivity contribution in [1.29, 1.82) is 5.26 Å².